The van der Waals surface area contributed by atoms with Crippen LogP contribution in [0.4, 0.5) is 0 Å². The van der Waals surface area contributed by atoms with Gasteiger partial charge in [-0.05, 0) is 34.6 Å². The molecule has 0 saturated carbocycles. The number of hydrogen-bond acceptors (Lipinski definition) is 4. The minimum atomic E-state index is 0.399. The Balaban J connectivity index is 2.98. The zero-order chi connectivity index (χ0) is 22.0. The molecule has 0 N–H and O–H groups in total. The lowest BCUT2D eigenvalue weighted by atomic mass is 10.1. The molecule has 0 radical (unpaired) electrons. The van der Waals surface area contributed by atoms with Crippen LogP contribution in [-0.4, -0.2) is 97.6 Å². The zero-order valence-electron chi connectivity index (χ0n) is 20.0. The SMILES string of the molecule is C=C(C)CN1CCN(CC(=C)C)CCN(C(C)C(=C)C)CCN(CC(=C)C)CC1. The van der Waals surface area contributed by atoms with Gasteiger partial charge in [0.1, 0.15) is 0 Å². The molecule has 1 unspecified atom stereocenters. The summed E-state index contributed by atoms with van der Waals surface area (Å²) in [6.45, 7) is 38.9. The molecule has 1 heterocycles. The van der Waals surface area contributed by atoms with Crippen molar-refractivity contribution in [1.29, 1.82) is 0 Å². The van der Waals surface area contributed by atoms with Gasteiger partial charge >= 0.3 is 0 Å². The van der Waals surface area contributed by atoms with Crippen LogP contribution in [0.1, 0.15) is 34.6 Å². The van der Waals surface area contributed by atoms with Crippen molar-refractivity contribution >= 4 is 0 Å². The smallest absolute Gasteiger partial charge is 0.0275 e. The predicted molar refractivity (Wildman–Crippen MR) is 130 cm³/mol. The number of nitrogens with zero attached hydrogens (tertiary/aromatic N) is 4. The molecule has 1 aliphatic heterocycles. The molecule has 0 spiro atoms. The Kier molecular flexibility index (Phi) is 11.7. The maximum Gasteiger partial charge on any atom is 0.0275 e. The Hall–Kier alpha value is -1.20. The van der Waals surface area contributed by atoms with E-state index in [0.29, 0.717) is 6.04 Å². The lowest BCUT2D eigenvalue weighted by Crippen LogP contribution is -2.48. The molecule has 1 saturated heterocycles. The topological polar surface area (TPSA) is 13.0 Å². The second-order valence-corrected chi connectivity index (χ2v) is 9.26. The van der Waals surface area contributed by atoms with Gasteiger partial charge in [0.25, 0.3) is 0 Å². The Morgan fingerprint density at radius 3 is 1.10 bits per heavy atom. The van der Waals surface area contributed by atoms with Gasteiger partial charge in [0, 0.05) is 78.0 Å². The summed E-state index contributed by atoms with van der Waals surface area (Å²) in [6, 6.07) is 0.399. The van der Waals surface area contributed by atoms with E-state index in [9.17, 15) is 0 Å². The maximum atomic E-state index is 4.22. The summed E-state index contributed by atoms with van der Waals surface area (Å²) in [5.41, 5.74) is 4.94. The molecule has 4 heteroatoms. The highest BCUT2D eigenvalue weighted by atomic mass is 15.3. The van der Waals surface area contributed by atoms with Crippen molar-refractivity contribution in [2.24, 2.45) is 0 Å². The van der Waals surface area contributed by atoms with E-state index in [2.05, 4.69) is 80.5 Å². The van der Waals surface area contributed by atoms with E-state index in [-0.39, 0.29) is 0 Å². The fourth-order valence-electron chi connectivity index (χ4n) is 3.87. The van der Waals surface area contributed by atoms with Gasteiger partial charge in [-0.3, -0.25) is 19.6 Å². The molecule has 0 aromatic heterocycles. The summed E-state index contributed by atoms with van der Waals surface area (Å²) >= 11 is 0. The Labute approximate surface area is 181 Å². The monoisotopic (exact) mass is 402 g/mol. The first-order valence-electron chi connectivity index (χ1n) is 11.1. The van der Waals surface area contributed by atoms with Gasteiger partial charge in [0.05, 0.1) is 0 Å². The molecule has 29 heavy (non-hydrogen) atoms. The molecule has 0 bridgehead atoms. The van der Waals surface area contributed by atoms with Gasteiger partial charge in [0.15, 0.2) is 0 Å². The molecule has 1 rings (SSSR count). The molecule has 0 aromatic rings. The van der Waals surface area contributed by atoms with Gasteiger partial charge in [-0.25, -0.2) is 0 Å². The molecule has 0 aliphatic carbocycles. The van der Waals surface area contributed by atoms with E-state index in [1.807, 2.05) is 0 Å². The van der Waals surface area contributed by atoms with E-state index < -0.39 is 0 Å². The lowest BCUT2D eigenvalue weighted by Gasteiger charge is -2.36. The van der Waals surface area contributed by atoms with Crippen LogP contribution in [0.5, 0.6) is 0 Å². The van der Waals surface area contributed by atoms with Crippen LogP contribution in [0.3, 0.4) is 0 Å². The van der Waals surface area contributed by atoms with Gasteiger partial charge in [-0.15, -0.1) is 0 Å². The molecule has 166 valence electrons. The minimum absolute atomic E-state index is 0.399. The minimum Gasteiger partial charge on any atom is -0.297 e. The van der Waals surface area contributed by atoms with E-state index in [4.69, 9.17) is 0 Å². The van der Waals surface area contributed by atoms with Crippen molar-refractivity contribution in [2.45, 2.75) is 40.7 Å². The van der Waals surface area contributed by atoms with Crippen LogP contribution in [0, 0.1) is 0 Å². The standard InChI is InChI=1S/C25H46N4/c1-21(2)18-26-10-12-27(19-22(3)4)14-16-29(25(9)24(7)8)17-15-28(13-11-26)20-23(5)6/h25H,1,3,5,7,10-20H2,2,4,6,8-9H3. The van der Waals surface area contributed by atoms with Crippen molar-refractivity contribution < 1.29 is 0 Å². The Bertz CT molecular complexity index is 533. The third-order valence-corrected chi connectivity index (χ3v) is 5.61. The summed E-state index contributed by atoms with van der Waals surface area (Å²) in [7, 11) is 0. The van der Waals surface area contributed by atoms with E-state index in [1.54, 1.807) is 0 Å². The summed E-state index contributed by atoms with van der Waals surface area (Å²) in [6.07, 6.45) is 0. The van der Waals surface area contributed by atoms with Gasteiger partial charge in [-0.1, -0.05) is 48.6 Å². The van der Waals surface area contributed by atoms with Crippen LogP contribution < -0.4 is 0 Å². The van der Waals surface area contributed by atoms with Gasteiger partial charge in [-0.2, -0.15) is 0 Å². The Morgan fingerprint density at radius 1 is 0.586 bits per heavy atom. The largest absolute Gasteiger partial charge is 0.297 e. The van der Waals surface area contributed by atoms with Gasteiger partial charge < -0.3 is 0 Å². The molecular weight excluding hydrogens is 356 g/mol. The average molecular weight is 403 g/mol. The van der Waals surface area contributed by atoms with Crippen molar-refractivity contribution in [3.8, 4) is 0 Å². The van der Waals surface area contributed by atoms with Crippen molar-refractivity contribution in [3.05, 3.63) is 48.6 Å². The molecule has 1 aliphatic rings. The molecule has 4 nitrogen and oxygen atoms in total. The normalized spacial score (nSPS) is 20.4. The van der Waals surface area contributed by atoms with Crippen molar-refractivity contribution in [2.75, 3.05) is 72.0 Å². The van der Waals surface area contributed by atoms with E-state index in [1.165, 1.54) is 22.3 Å². The van der Waals surface area contributed by atoms with Crippen LogP contribution in [0.25, 0.3) is 0 Å². The van der Waals surface area contributed by atoms with E-state index in [0.717, 1.165) is 72.0 Å². The van der Waals surface area contributed by atoms with Crippen LogP contribution >= 0.6 is 0 Å². The first-order chi connectivity index (χ1) is 13.6. The van der Waals surface area contributed by atoms with Crippen LogP contribution in [0.2, 0.25) is 0 Å². The second kappa shape index (κ2) is 13.2. The molecular formula is C25H46N4. The summed E-state index contributed by atoms with van der Waals surface area (Å²) in [5, 5.41) is 0. The van der Waals surface area contributed by atoms with E-state index >= 15 is 0 Å². The van der Waals surface area contributed by atoms with Crippen LogP contribution in [0.15, 0.2) is 48.6 Å². The molecule has 1 fully saturated rings. The van der Waals surface area contributed by atoms with Crippen molar-refractivity contribution in [3.63, 3.8) is 0 Å². The summed E-state index contributed by atoms with van der Waals surface area (Å²) < 4.78 is 0. The van der Waals surface area contributed by atoms with Crippen molar-refractivity contribution in [1.82, 2.24) is 19.6 Å². The first-order valence-corrected chi connectivity index (χ1v) is 11.1. The average Bonchev–Trinajstić information content (AvgIpc) is 2.59. The quantitative estimate of drug-likeness (QED) is 0.571. The number of rotatable bonds is 8. The predicted octanol–water partition coefficient (Wildman–Crippen LogP) is 3.90. The van der Waals surface area contributed by atoms with Gasteiger partial charge in [0.2, 0.25) is 0 Å². The zero-order valence-corrected chi connectivity index (χ0v) is 20.0. The van der Waals surface area contributed by atoms with Crippen LogP contribution in [-0.2, 0) is 0 Å². The maximum absolute atomic E-state index is 4.22. The fraction of sp³-hybridized carbons (Fsp3) is 0.680. The first kappa shape index (κ1) is 25.8. The molecule has 0 amide bonds. The fourth-order valence-corrected chi connectivity index (χ4v) is 3.87. The molecule has 0 aromatic carbocycles. The second-order valence-electron chi connectivity index (χ2n) is 9.26. The summed E-state index contributed by atoms with van der Waals surface area (Å²) in [5.74, 6) is 0. The lowest BCUT2D eigenvalue weighted by molar-refractivity contribution is 0.133. The third kappa shape index (κ3) is 10.9. The Morgan fingerprint density at radius 2 is 0.862 bits per heavy atom. The summed E-state index contributed by atoms with van der Waals surface area (Å²) in [4.78, 5) is 10.2. The molecule has 1 atom stereocenters. The number of hydrogen-bond donors (Lipinski definition) is 0. The highest BCUT2D eigenvalue weighted by Gasteiger charge is 2.20. The highest BCUT2D eigenvalue weighted by Crippen LogP contribution is 2.11. The third-order valence-electron chi connectivity index (χ3n) is 5.61. The highest BCUT2D eigenvalue weighted by molar-refractivity contribution is 5.01.